The average Bonchev–Trinajstić information content (AvgIpc) is 3.20. The van der Waals surface area contributed by atoms with E-state index in [1.54, 1.807) is 6.33 Å². The molecule has 1 aromatic carbocycles. The number of hydrogen-bond acceptors (Lipinski definition) is 4. The van der Waals surface area contributed by atoms with E-state index >= 15 is 0 Å². The first-order valence-electron chi connectivity index (χ1n) is 8.29. The second-order valence-electron chi connectivity index (χ2n) is 7.03. The Kier molecular flexibility index (Phi) is 2.82. The predicted octanol–water partition coefficient (Wildman–Crippen LogP) is 1.81. The first-order valence-corrected chi connectivity index (χ1v) is 8.29. The van der Waals surface area contributed by atoms with Crippen LogP contribution in [0.4, 0.5) is 0 Å². The van der Waals surface area contributed by atoms with Gasteiger partial charge in [0.1, 0.15) is 6.33 Å². The van der Waals surface area contributed by atoms with Gasteiger partial charge < -0.3 is 9.88 Å². The van der Waals surface area contributed by atoms with Gasteiger partial charge in [-0.15, -0.1) is 5.10 Å². The molecule has 6 nitrogen and oxygen atoms in total. The zero-order chi connectivity index (χ0) is 15.4. The minimum atomic E-state index is 0.584. The molecule has 5 rings (SSSR count). The van der Waals surface area contributed by atoms with Gasteiger partial charge >= 0.3 is 0 Å². The highest BCUT2D eigenvalue weighted by Gasteiger charge is 2.39. The molecule has 0 spiro atoms. The van der Waals surface area contributed by atoms with Crippen LogP contribution in [-0.4, -0.2) is 49.7 Å². The van der Waals surface area contributed by atoms with E-state index in [9.17, 15) is 0 Å². The second-order valence-corrected chi connectivity index (χ2v) is 7.03. The van der Waals surface area contributed by atoms with E-state index in [1.165, 1.54) is 28.5 Å². The number of likely N-dealkylation sites (tertiary alicyclic amines) is 1. The molecule has 0 bridgehead atoms. The smallest absolute Gasteiger partial charge is 0.138 e. The number of fused-ring (bicyclic) bond motifs is 2. The Balaban J connectivity index is 1.52. The Morgan fingerprint density at radius 3 is 3.17 bits per heavy atom. The second kappa shape index (κ2) is 4.89. The number of aromatic amines is 1. The molecule has 1 fully saturated rings. The number of likely N-dealkylation sites (N-methyl/N-ethyl adjacent to an activating group) is 1. The maximum Gasteiger partial charge on any atom is 0.138 e. The van der Waals surface area contributed by atoms with Crippen molar-refractivity contribution in [1.29, 1.82) is 0 Å². The van der Waals surface area contributed by atoms with Crippen LogP contribution >= 0.6 is 0 Å². The standard InChI is InChI=1S/C17H20N6/c1-22-8-11(9-23-10-19-20-21-23)5-14-13-3-2-4-15-17(13)12(7-18-15)6-16(14)22/h2-4,7,10-11,14,16,18H,5-6,8-9H2,1H3/t11-,14+,16+/m0/s1. The van der Waals surface area contributed by atoms with Crippen molar-refractivity contribution in [2.24, 2.45) is 5.92 Å². The molecule has 1 N–H and O–H groups in total. The van der Waals surface area contributed by atoms with Crippen LogP contribution in [0, 0.1) is 5.92 Å². The van der Waals surface area contributed by atoms with Gasteiger partial charge in [0.25, 0.3) is 0 Å². The van der Waals surface area contributed by atoms with Crippen molar-refractivity contribution < 1.29 is 0 Å². The molecule has 0 radical (unpaired) electrons. The molecule has 2 aromatic heterocycles. The van der Waals surface area contributed by atoms with Crippen LogP contribution in [0.5, 0.6) is 0 Å². The number of H-pyrrole nitrogens is 1. The number of nitrogens with one attached hydrogen (secondary N) is 1. The van der Waals surface area contributed by atoms with Crippen LogP contribution in [0.2, 0.25) is 0 Å². The van der Waals surface area contributed by atoms with Crippen molar-refractivity contribution in [2.75, 3.05) is 13.6 Å². The lowest BCUT2D eigenvalue weighted by Gasteiger charge is -2.45. The number of hydrogen-bond donors (Lipinski definition) is 1. The molecule has 3 aromatic rings. The van der Waals surface area contributed by atoms with Crippen LogP contribution in [0.1, 0.15) is 23.5 Å². The van der Waals surface area contributed by atoms with Crippen molar-refractivity contribution in [3.05, 3.63) is 41.9 Å². The number of piperidine rings is 1. The summed E-state index contributed by atoms with van der Waals surface area (Å²) in [4.78, 5) is 5.98. The van der Waals surface area contributed by atoms with Crippen LogP contribution in [-0.2, 0) is 13.0 Å². The van der Waals surface area contributed by atoms with Gasteiger partial charge in [-0.2, -0.15) is 0 Å². The Labute approximate surface area is 134 Å². The Morgan fingerprint density at radius 2 is 2.30 bits per heavy atom. The number of nitrogens with zero attached hydrogens (tertiary/aromatic N) is 5. The molecule has 1 aliphatic carbocycles. The summed E-state index contributed by atoms with van der Waals surface area (Å²) < 4.78 is 1.87. The minimum Gasteiger partial charge on any atom is -0.361 e. The van der Waals surface area contributed by atoms with E-state index in [4.69, 9.17) is 0 Å². The molecule has 1 saturated heterocycles. The molecule has 3 heterocycles. The highest BCUT2D eigenvalue weighted by molar-refractivity contribution is 5.88. The maximum absolute atomic E-state index is 4.04. The Bertz CT molecular complexity index is 836. The number of tetrazole rings is 1. The maximum atomic E-state index is 4.04. The topological polar surface area (TPSA) is 62.6 Å². The quantitative estimate of drug-likeness (QED) is 0.784. The summed E-state index contributed by atoms with van der Waals surface area (Å²) in [5.41, 5.74) is 4.27. The van der Waals surface area contributed by atoms with E-state index in [2.05, 4.69) is 56.9 Å². The van der Waals surface area contributed by atoms with Crippen LogP contribution < -0.4 is 0 Å². The van der Waals surface area contributed by atoms with Gasteiger partial charge in [0, 0.05) is 42.1 Å². The molecule has 2 aliphatic rings. The van der Waals surface area contributed by atoms with Gasteiger partial charge in [0.15, 0.2) is 0 Å². The third-order valence-electron chi connectivity index (χ3n) is 5.65. The number of aromatic nitrogens is 5. The van der Waals surface area contributed by atoms with Gasteiger partial charge in [-0.1, -0.05) is 12.1 Å². The van der Waals surface area contributed by atoms with Crippen molar-refractivity contribution in [3.63, 3.8) is 0 Å². The van der Waals surface area contributed by atoms with E-state index < -0.39 is 0 Å². The molecule has 6 heteroatoms. The SMILES string of the molecule is CN1C[C@@H](Cn2cnnn2)C[C@@H]2c3cccc4[nH]cc(c34)C[C@H]21. The van der Waals surface area contributed by atoms with Crippen LogP contribution in [0.25, 0.3) is 10.9 Å². The lowest BCUT2D eigenvalue weighted by Crippen LogP contribution is -2.48. The molecular formula is C17H20N6. The lowest BCUT2D eigenvalue weighted by atomic mass is 9.72. The first kappa shape index (κ1) is 13.2. The van der Waals surface area contributed by atoms with Gasteiger partial charge in [-0.05, 0) is 53.4 Å². The minimum absolute atomic E-state index is 0.584. The van der Waals surface area contributed by atoms with Crippen molar-refractivity contribution in [3.8, 4) is 0 Å². The van der Waals surface area contributed by atoms with E-state index in [0.717, 1.165) is 19.5 Å². The van der Waals surface area contributed by atoms with Gasteiger partial charge in [-0.3, -0.25) is 0 Å². The molecule has 0 amide bonds. The average molecular weight is 308 g/mol. The van der Waals surface area contributed by atoms with Gasteiger partial charge in [0.2, 0.25) is 0 Å². The molecule has 118 valence electrons. The summed E-state index contributed by atoms with van der Waals surface area (Å²) in [5.74, 6) is 1.18. The Hall–Kier alpha value is -2.21. The predicted molar refractivity (Wildman–Crippen MR) is 87.1 cm³/mol. The number of benzene rings is 1. The van der Waals surface area contributed by atoms with Crippen molar-refractivity contribution in [2.45, 2.75) is 31.3 Å². The monoisotopic (exact) mass is 308 g/mol. The van der Waals surface area contributed by atoms with Gasteiger partial charge in [0.05, 0.1) is 0 Å². The van der Waals surface area contributed by atoms with Gasteiger partial charge in [-0.25, -0.2) is 4.68 Å². The van der Waals surface area contributed by atoms with E-state index in [0.29, 0.717) is 17.9 Å². The van der Waals surface area contributed by atoms with E-state index in [1.807, 2.05) is 4.68 Å². The van der Waals surface area contributed by atoms with Crippen LogP contribution in [0.15, 0.2) is 30.7 Å². The van der Waals surface area contributed by atoms with Crippen molar-refractivity contribution >= 4 is 10.9 Å². The summed E-state index contributed by atoms with van der Waals surface area (Å²) >= 11 is 0. The fraction of sp³-hybridized carbons (Fsp3) is 0.471. The summed E-state index contributed by atoms with van der Waals surface area (Å²) in [7, 11) is 2.27. The fourth-order valence-electron chi connectivity index (χ4n) is 4.71. The van der Waals surface area contributed by atoms with Crippen LogP contribution in [0.3, 0.4) is 0 Å². The summed E-state index contributed by atoms with van der Waals surface area (Å²) in [6.07, 6.45) is 6.28. The molecule has 3 atom stereocenters. The largest absolute Gasteiger partial charge is 0.361 e. The fourth-order valence-corrected chi connectivity index (χ4v) is 4.71. The highest BCUT2D eigenvalue weighted by Crippen LogP contribution is 2.44. The molecule has 1 aliphatic heterocycles. The van der Waals surface area contributed by atoms with E-state index in [-0.39, 0.29) is 0 Å². The first-order chi connectivity index (χ1) is 11.3. The molecule has 0 unspecified atom stereocenters. The Morgan fingerprint density at radius 1 is 1.35 bits per heavy atom. The normalized spacial score (nSPS) is 27.3. The zero-order valence-electron chi connectivity index (χ0n) is 13.2. The molecule has 0 saturated carbocycles. The zero-order valence-corrected chi connectivity index (χ0v) is 13.2. The molecular weight excluding hydrogens is 288 g/mol. The summed E-state index contributed by atoms with van der Waals surface area (Å²) in [6.45, 7) is 2.01. The summed E-state index contributed by atoms with van der Waals surface area (Å²) in [6, 6.07) is 7.30. The third kappa shape index (κ3) is 2.01. The number of rotatable bonds is 2. The highest BCUT2D eigenvalue weighted by atomic mass is 15.5. The molecule has 23 heavy (non-hydrogen) atoms. The lowest BCUT2D eigenvalue weighted by molar-refractivity contribution is 0.101. The third-order valence-corrected chi connectivity index (χ3v) is 5.65. The summed E-state index contributed by atoms with van der Waals surface area (Å²) in [5, 5.41) is 13.0. The van der Waals surface area contributed by atoms with Crippen molar-refractivity contribution in [1.82, 2.24) is 30.1 Å².